The van der Waals surface area contributed by atoms with E-state index in [1.807, 2.05) is 0 Å². The normalized spacial score (nSPS) is 10.8. The number of carbonyl (C=O) groups is 1. The maximum atomic E-state index is 11.8. The molecule has 1 aromatic heterocycles. The second kappa shape index (κ2) is 5.77. The van der Waals surface area contributed by atoms with E-state index in [2.05, 4.69) is 15.5 Å². The molecular formula is C11H8N4O3S2. The Bertz CT molecular complexity index is 762. The van der Waals surface area contributed by atoms with Gasteiger partial charge in [0.1, 0.15) is 5.75 Å². The molecule has 0 fully saturated rings. The Morgan fingerprint density at radius 1 is 1.30 bits per heavy atom. The molecule has 0 saturated carbocycles. The molecule has 0 aliphatic rings. The third-order valence-electron chi connectivity index (χ3n) is 2.18. The van der Waals surface area contributed by atoms with Crippen LogP contribution in [0.1, 0.15) is 10.4 Å². The number of nitrogens with zero attached hydrogens (tertiary/aromatic N) is 3. The number of hydrogen-bond acceptors (Lipinski definition) is 7. The van der Waals surface area contributed by atoms with Gasteiger partial charge in [0.2, 0.25) is 19.3 Å². The molecule has 1 amide bonds. The first-order valence-electron chi connectivity index (χ1n) is 5.32. The SMILES string of the molecule is N#CCS(=O)(=O)c1nnc(NC(=O)c2ccccc2)s1. The Balaban J connectivity index is 2.15. The van der Waals surface area contributed by atoms with E-state index in [9.17, 15) is 13.2 Å². The predicted octanol–water partition coefficient (Wildman–Crippen LogP) is 1.09. The Morgan fingerprint density at radius 2 is 2.00 bits per heavy atom. The van der Waals surface area contributed by atoms with Gasteiger partial charge in [0.25, 0.3) is 5.91 Å². The molecule has 0 saturated heterocycles. The molecule has 0 aliphatic carbocycles. The van der Waals surface area contributed by atoms with Crippen LogP contribution in [0.25, 0.3) is 0 Å². The second-order valence-electron chi connectivity index (χ2n) is 3.61. The smallest absolute Gasteiger partial charge is 0.257 e. The van der Waals surface area contributed by atoms with Crippen LogP contribution in [0.15, 0.2) is 34.7 Å². The van der Waals surface area contributed by atoms with Gasteiger partial charge in [0, 0.05) is 5.56 Å². The highest BCUT2D eigenvalue weighted by Gasteiger charge is 2.20. The molecule has 0 bridgehead atoms. The van der Waals surface area contributed by atoms with Crippen LogP contribution in [0.3, 0.4) is 0 Å². The van der Waals surface area contributed by atoms with Gasteiger partial charge in [-0.1, -0.05) is 29.5 Å². The molecule has 1 aromatic carbocycles. The third-order valence-corrected chi connectivity index (χ3v) is 4.95. The summed E-state index contributed by atoms with van der Waals surface area (Å²) in [6.07, 6.45) is 0. The van der Waals surface area contributed by atoms with Crippen molar-refractivity contribution in [3.05, 3.63) is 35.9 Å². The van der Waals surface area contributed by atoms with Crippen LogP contribution in [0.4, 0.5) is 5.13 Å². The first-order chi connectivity index (χ1) is 9.53. The van der Waals surface area contributed by atoms with Crippen LogP contribution in [0.5, 0.6) is 0 Å². The average Bonchev–Trinajstić information content (AvgIpc) is 2.89. The number of amides is 1. The summed E-state index contributed by atoms with van der Waals surface area (Å²) in [6, 6.07) is 9.96. The molecule has 0 aliphatic heterocycles. The topological polar surface area (TPSA) is 113 Å². The van der Waals surface area contributed by atoms with E-state index in [0.29, 0.717) is 16.9 Å². The molecule has 7 nitrogen and oxygen atoms in total. The van der Waals surface area contributed by atoms with Gasteiger partial charge >= 0.3 is 0 Å². The predicted molar refractivity (Wildman–Crippen MR) is 72.0 cm³/mol. The van der Waals surface area contributed by atoms with Crippen molar-refractivity contribution in [2.24, 2.45) is 0 Å². The minimum Gasteiger partial charge on any atom is -0.296 e. The molecule has 0 spiro atoms. The zero-order chi connectivity index (χ0) is 14.6. The number of rotatable bonds is 4. The molecule has 9 heteroatoms. The van der Waals surface area contributed by atoms with Crippen molar-refractivity contribution in [3.8, 4) is 6.07 Å². The molecule has 0 atom stereocenters. The lowest BCUT2D eigenvalue weighted by molar-refractivity contribution is 0.102. The molecule has 1 heterocycles. The van der Waals surface area contributed by atoms with Crippen molar-refractivity contribution in [1.29, 1.82) is 5.26 Å². The highest BCUT2D eigenvalue weighted by molar-refractivity contribution is 7.93. The second-order valence-corrected chi connectivity index (χ2v) is 6.75. The minimum atomic E-state index is -3.76. The lowest BCUT2D eigenvalue weighted by atomic mass is 10.2. The molecule has 1 N–H and O–H groups in total. The summed E-state index contributed by atoms with van der Waals surface area (Å²) < 4.78 is 22.9. The number of nitriles is 1. The number of anilines is 1. The largest absolute Gasteiger partial charge is 0.296 e. The van der Waals surface area contributed by atoms with Gasteiger partial charge in [-0.3, -0.25) is 10.1 Å². The van der Waals surface area contributed by atoms with Crippen molar-refractivity contribution < 1.29 is 13.2 Å². The summed E-state index contributed by atoms with van der Waals surface area (Å²) in [5.74, 6) is -1.08. The van der Waals surface area contributed by atoms with E-state index in [4.69, 9.17) is 5.26 Å². The molecule has 2 rings (SSSR count). The van der Waals surface area contributed by atoms with E-state index >= 15 is 0 Å². The number of sulfone groups is 1. The first-order valence-corrected chi connectivity index (χ1v) is 7.79. The van der Waals surface area contributed by atoms with Crippen LogP contribution in [0, 0.1) is 11.3 Å². The standard InChI is InChI=1S/C11H8N4O3S2/c12-6-7-20(17,18)11-15-14-10(19-11)13-9(16)8-4-2-1-3-5-8/h1-5H,7H2,(H,13,14,16). The molecule has 20 heavy (non-hydrogen) atoms. The fraction of sp³-hybridized carbons (Fsp3) is 0.0909. The summed E-state index contributed by atoms with van der Waals surface area (Å²) >= 11 is 0.710. The van der Waals surface area contributed by atoms with E-state index in [0.717, 1.165) is 0 Å². The van der Waals surface area contributed by atoms with Crippen molar-refractivity contribution in [1.82, 2.24) is 10.2 Å². The lowest BCUT2D eigenvalue weighted by Crippen LogP contribution is -2.11. The molecule has 0 radical (unpaired) electrons. The van der Waals surface area contributed by atoms with Crippen molar-refractivity contribution in [3.63, 3.8) is 0 Å². The lowest BCUT2D eigenvalue weighted by Gasteiger charge is -1.99. The highest BCUT2D eigenvalue weighted by Crippen LogP contribution is 2.21. The highest BCUT2D eigenvalue weighted by atomic mass is 32.2. The molecule has 2 aromatic rings. The number of carbonyl (C=O) groups excluding carboxylic acids is 1. The van der Waals surface area contributed by atoms with Gasteiger partial charge in [-0.2, -0.15) is 5.26 Å². The zero-order valence-corrected chi connectivity index (χ0v) is 11.6. The fourth-order valence-electron chi connectivity index (χ4n) is 1.29. The number of hydrogen-bond donors (Lipinski definition) is 1. The summed E-state index contributed by atoms with van der Waals surface area (Å²) in [7, 11) is -3.76. The van der Waals surface area contributed by atoms with Gasteiger partial charge in [0.05, 0.1) is 6.07 Å². The summed E-state index contributed by atoms with van der Waals surface area (Å²) in [6.45, 7) is 0. The van der Waals surface area contributed by atoms with E-state index in [1.165, 1.54) is 0 Å². The average molecular weight is 308 g/mol. The quantitative estimate of drug-likeness (QED) is 0.846. The van der Waals surface area contributed by atoms with Crippen LogP contribution in [0.2, 0.25) is 0 Å². The summed E-state index contributed by atoms with van der Waals surface area (Å²) in [5, 5.41) is 18.0. The molecular weight excluding hydrogens is 300 g/mol. The Labute approximate surface area is 118 Å². The van der Waals surface area contributed by atoms with E-state index < -0.39 is 21.5 Å². The number of nitrogens with one attached hydrogen (secondary N) is 1. The molecule has 0 unspecified atom stereocenters. The summed E-state index contributed by atoms with van der Waals surface area (Å²) in [5.41, 5.74) is 0.420. The van der Waals surface area contributed by atoms with Crippen molar-refractivity contribution in [2.45, 2.75) is 4.34 Å². The Hall–Kier alpha value is -2.31. The Kier molecular flexibility index (Phi) is 4.07. The van der Waals surface area contributed by atoms with Crippen LogP contribution in [-0.2, 0) is 9.84 Å². The minimum absolute atomic E-state index is 0.0652. The number of benzene rings is 1. The van der Waals surface area contributed by atoms with Crippen LogP contribution < -0.4 is 5.32 Å². The fourth-order valence-corrected chi connectivity index (χ4v) is 3.14. The third kappa shape index (κ3) is 3.17. The van der Waals surface area contributed by atoms with Gasteiger partial charge in [0.15, 0.2) is 0 Å². The Morgan fingerprint density at radius 3 is 2.65 bits per heavy atom. The number of aromatic nitrogens is 2. The van der Waals surface area contributed by atoms with Gasteiger partial charge in [-0.15, -0.1) is 10.2 Å². The van der Waals surface area contributed by atoms with Crippen molar-refractivity contribution >= 4 is 32.2 Å². The monoisotopic (exact) mass is 308 g/mol. The summed E-state index contributed by atoms with van der Waals surface area (Å²) in [4.78, 5) is 11.8. The van der Waals surface area contributed by atoms with Gasteiger partial charge < -0.3 is 0 Å². The first kappa shape index (κ1) is 14.1. The maximum absolute atomic E-state index is 11.8. The van der Waals surface area contributed by atoms with Gasteiger partial charge in [-0.05, 0) is 12.1 Å². The maximum Gasteiger partial charge on any atom is 0.257 e. The van der Waals surface area contributed by atoms with Crippen LogP contribution >= 0.6 is 11.3 Å². The van der Waals surface area contributed by atoms with Gasteiger partial charge in [-0.25, -0.2) is 8.42 Å². The van der Waals surface area contributed by atoms with E-state index in [1.54, 1.807) is 36.4 Å². The van der Waals surface area contributed by atoms with E-state index in [-0.39, 0.29) is 9.47 Å². The zero-order valence-electron chi connectivity index (χ0n) is 9.98. The van der Waals surface area contributed by atoms with Crippen molar-refractivity contribution in [2.75, 3.05) is 11.1 Å². The van der Waals surface area contributed by atoms with Crippen LogP contribution in [-0.4, -0.2) is 30.3 Å². The molecule has 102 valence electrons.